The van der Waals surface area contributed by atoms with Crippen LogP contribution in [0.15, 0.2) is 18.2 Å². The monoisotopic (exact) mass is 271 g/mol. The minimum Gasteiger partial charge on any atom is -0.444 e. The number of amides is 1. The third-order valence-corrected chi connectivity index (χ3v) is 2.39. The molecule has 1 amide bonds. The summed E-state index contributed by atoms with van der Waals surface area (Å²) in [6.45, 7) is 7.05. The summed E-state index contributed by atoms with van der Waals surface area (Å²) in [7, 11) is 0. The van der Waals surface area contributed by atoms with Crippen molar-refractivity contribution < 1.29 is 18.3 Å². The number of benzene rings is 1. The van der Waals surface area contributed by atoms with Gasteiger partial charge in [0.05, 0.1) is 6.04 Å². The van der Waals surface area contributed by atoms with E-state index in [0.717, 1.165) is 6.07 Å². The molecule has 0 saturated heterocycles. The number of halogens is 2. The molecule has 19 heavy (non-hydrogen) atoms. The molecule has 3 nitrogen and oxygen atoms in total. The van der Waals surface area contributed by atoms with E-state index in [0.29, 0.717) is 12.0 Å². The largest absolute Gasteiger partial charge is 0.444 e. The molecule has 0 fully saturated rings. The summed E-state index contributed by atoms with van der Waals surface area (Å²) in [5, 5.41) is 2.60. The average molecular weight is 271 g/mol. The molecule has 0 bridgehead atoms. The molecule has 0 spiro atoms. The summed E-state index contributed by atoms with van der Waals surface area (Å²) in [5.74, 6) is -1.33. The first kappa shape index (κ1) is 15.4. The van der Waals surface area contributed by atoms with Crippen LogP contribution in [-0.4, -0.2) is 11.7 Å². The number of rotatable bonds is 3. The van der Waals surface area contributed by atoms with Gasteiger partial charge in [-0.3, -0.25) is 0 Å². The predicted molar refractivity (Wildman–Crippen MR) is 68.8 cm³/mol. The lowest BCUT2D eigenvalue weighted by atomic mass is 10.0. The van der Waals surface area contributed by atoms with Crippen molar-refractivity contribution in [2.24, 2.45) is 0 Å². The van der Waals surface area contributed by atoms with E-state index in [1.165, 1.54) is 12.1 Å². The van der Waals surface area contributed by atoms with Gasteiger partial charge in [-0.15, -0.1) is 0 Å². The van der Waals surface area contributed by atoms with Crippen LogP contribution >= 0.6 is 0 Å². The Bertz CT molecular complexity index is 435. The number of alkyl carbamates (subject to hydrolysis) is 1. The van der Waals surface area contributed by atoms with E-state index in [1.54, 1.807) is 20.8 Å². The van der Waals surface area contributed by atoms with Gasteiger partial charge in [0.2, 0.25) is 0 Å². The van der Waals surface area contributed by atoms with Crippen molar-refractivity contribution >= 4 is 6.09 Å². The Morgan fingerprint density at radius 2 is 1.79 bits per heavy atom. The topological polar surface area (TPSA) is 38.3 Å². The van der Waals surface area contributed by atoms with Crippen molar-refractivity contribution in [3.05, 3.63) is 35.4 Å². The summed E-state index contributed by atoms with van der Waals surface area (Å²) in [5.41, 5.74) is -0.235. The van der Waals surface area contributed by atoms with Crippen LogP contribution in [0.4, 0.5) is 13.6 Å². The normalized spacial score (nSPS) is 12.9. The lowest BCUT2D eigenvalue weighted by Gasteiger charge is -2.23. The van der Waals surface area contributed by atoms with E-state index in [1.807, 2.05) is 6.92 Å². The maximum Gasteiger partial charge on any atom is 0.408 e. The minimum absolute atomic E-state index is 0.380. The Kier molecular flexibility index (Phi) is 4.86. The molecule has 1 aromatic rings. The van der Waals surface area contributed by atoms with Crippen molar-refractivity contribution in [3.63, 3.8) is 0 Å². The minimum atomic E-state index is -0.667. The first-order chi connectivity index (χ1) is 8.71. The molecule has 0 aromatic heterocycles. The van der Waals surface area contributed by atoms with Crippen LogP contribution in [0.2, 0.25) is 0 Å². The van der Waals surface area contributed by atoms with Gasteiger partial charge in [0.1, 0.15) is 17.2 Å². The average Bonchev–Trinajstić information content (AvgIpc) is 2.21. The van der Waals surface area contributed by atoms with E-state index >= 15 is 0 Å². The second-order valence-corrected chi connectivity index (χ2v) is 5.31. The number of hydrogen-bond acceptors (Lipinski definition) is 2. The van der Waals surface area contributed by atoms with Gasteiger partial charge in [-0.25, -0.2) is 13.6 Å². The zero-order valence-electron chi connectivity index (χ0n) is 11.6. The molecule has 1 atom stereocenters. The summed E-state index contributed by atoms with van der Waals surface area (Å²) in [4.78, 5) is 11.7. The molecule has 0 heterocycles. The van der Waals surface area contributed by atoms with Crippen molar-refractivity contribution in [2.75, 3.05) is 0 Å². The number of hydrogen-bond donors (Lipinski definition) is 1. The lowest BCUT2D eigenvalue weighted by molar-refractivity contribution is 0.0502. The van der Waals surface area contributed by atoms with Crippen LogP contribution in [0.1, 0.15) is 45.7 Å². The highest BCUT2D eigenvalue weighted by Crippen LogP contribution is 2.20. The van der Waals surface area contributed by atoms with E-state index in [2.05, 4.69) is 5.32 Å². The Balaban J connectivity index is 2.81. The molecule has 1 unspecified atom stereocenters. The number of ether oxygens (including phenoxy) is 1. The standard InChI is InChI=1S/C14H19F2NO2/c1-5-12(17-13(18)19-14(2,3)4)9-6-10(15)8-11(16)7-9/h6-8,12H,5H2,1-4H3,(H,17,18). The summed E-state index contributed by atoms with van der Waals surface area (Å²) >= 11 is 0. The van der Waals surface area contributed by atoms with Crippen LogP contribution in [0, 0.1) is 11.6 Å². The van der Waals surface area contributed by atoms with Gasteiger partial charge >= 0.3 is 6.09 Å². The second-order valence-electron chi connectivity index (χ2n) is 5.31. The number of nitrogens with one attached hydrogen (secondary N) is 1. The highest BCUT2D eigenvalue weighted by molar-refractivity contribution is 5.68. The quantitative estimate of drug-likeness (QED) is 0.904. The van der Waals surface area contributed by atoms with Crippen LogP contribution < -0.4 is 5.32 Å². The molecule has 1 aromatic carbocycles. The third-order valence-electron chi connectivity index (χ3n) is 2.39. The van der Waals surface area contributed by atoms with Crippen LogP contribution in [0.25, 0.3) is 0 Å². The molecule has 1 N–H and O–H groups in total. The second kappa shape index (κ2) is 5.99. The van der Waals surface area contributed by atoms with E-state index in [4.69, 9.17) is 4.74 Å². The van der Waals surface area contributed by atoms with Gasteiger partial charge < -0.3 is 10.1 Å². The van der Waals surface area contributed by atoms with Gasteiger partial charge in [-0.05, 0) is 44.9 Å². The maximum absolute atomic E-state index is 13.1. The summed E-state index contributed by atoms with van der Waals surface area (Å²) in [6.07, 6.45) is -0.105. The van der Waals surface area contributed by atoms with Gasteiger partial charge in [0, 0.05) is 6.07 Å². The van der Waals surface area contributed by atoms with Gasteiger partial charge in [-0.1, -0.05) is 6.92 Å². The van der Waals surface area contributed by atoms with Gasteiger partial charge in [-0.2, -0.15) is 0 Å². The highest BCUT2D eigenvalue weighted by atomic mass is 19.1. The molecule has 1 rings (SSSR count). The van der Waals surface area contributed by atoms with E-state index in [9.17, 15) is 13.6 Å². The SMILES string of the molecule is CCC(NC(=O)OC(C)(C)C)c1cc(F)cc(F)c1. The molecular weight excluding hydrogens is 252 g/mol. The molecule has 5 heteroatoms. The molecule has 0 saturated carbocycles. The zero-order chi connectivity index (χ0) is 14.6. The summed E-state index contributed by atoms with van der Waals surface area (Å²) in [6, 6.07) is 2.72. The Hall–Kier alpha value is -1.65. The molecule has 0 aliphatic heterocycles. The van der Waals surface area contributed by atoms with Gasteiger partial charge in [0.15, 0.2) is 0 Å². The molecule has 0 radical (unpaired) electrons. The van der Waals surface area contributed by atoms with Crippen molar-refractivity contribution in [1.82, 2.24) is 5.32 Å². The zero-order valence-corrected chi connectivity index (χ0v) is 11.6. The van der Waals surface area contributed by atoms with Gasteiger partial charge in [0.25, 0.3) is 0 Å². The Morgan fingerprint density at radius 1 is 1.26 bits per heavy atom. The molecule has 0 aliphatic rings. The van der Waals surface area contributed by atoms with Crippen LogP contribution in [0.5, 0.6) is 0 Å². The first-order valence-corrected chi connectivity index (χ1v) is 6.17. The van der Waals surface area contributed by atoms with Crippen LogP contribution in [0.3, 0.4) is 0 Å². The van der Waals surface area contributed by atoms with Crippen molar-refractivity contribution in [2.45, 2.75) is 45.8 Å². The van der Waals surface area contributed by atoms with E-state index in [-0.39, 0.29) is 0 Å². The highest BCUT2D eigenvalue weighted by Gasteiger charge is 2.20. The van der Waals surface area contributed by atoms with Crippen molar-refractivity contribution in [3.8, 4) is 0 Å². The fourth-order valence-electron chi connectivity index (χ4n) is 1.65. The Morgan fingerprint density at radius 3 is 2.21 bits per heavy atom. The number of carbonyl (C=O) groups is 1. The molecule has 0 aliphatic carbocycles. The predicted octanol–water partition coefficient (Wildman–Crippen LogP) is 3.94. The first-order valence-electron chi connectivity index (χ1n) is 6.17. The Labute approximate surface area is 112 Å². The maximum atomic E-state index is 13.1. The third kappa shape index (κ3) is 5.24. The smallest absolute Gasteiger partial charge is 0.408 e. The summed E-state index contributed by atoms with van der Waals surface area (Å²) < 4.78 is 31.4. The van der Waals surface area contributed by atoms with Crippen LogP contribution in [-0.2, 0) is 4.74 Å². The molecule has 106 valence electrons. The molecular formula is C14H19F2NO2. The number of carbonyl (C=O) groups excluding carboxylic acids is 1. The van der Waals surface area contributed by atoms with Crippen molar-refractivity contribution in [1.29, 1.82) is 0 Å². The lowest BCUT2D eigenvalue weighted by Crippen LogP contribution is -2.34. The van der Waals surface area contributed by atoms with E-state index < -0.39 is 29.4 Å². The fraction of sp³-hybridized carbons (Fsp3) is 0.500. The fourth-order valence-corrected chi connectivity index (χ4v) is 1.65.